The Morgan fingerprint density at radius 1 is 1.09 bits per heavy atom. The third kappa shape index (κ3) is 9.65. The summed E-state index contributed by atoms with van der Waals surface area (Å²) in [6.45, 7) is 6.54. The van der Waals surface area contributed by atoms with Crippen molar-refractivity contribution in [3.8, 4) is 5.75 Å². The number of nitrogens with one attached hydrogen (secondary N) is 1. The average molecular weight is 504 g/mol. The molecule has 2 N–H and O–H groups in total. The minimum absolute atomic E-state index is 0.0747. The highest BCUT2D eigenvalue weighted by atomic mass is 32.2. The molecule has 11 nitrogen and oxygen atoms in total. The van der Waals surface area contributed by atoms with Gasteiger partial charge in [-0.2, -0.15) is 8.42 Å². The maximum absolute atomic E-state index is 12.7. The van der Waals surface area contributed by atoms with Gasteiger partial charge in [0.05, 0.1) is 12.4 Å². The first kappa shape index (κ1) is 29.3. The zero-order chi connectivity index (χ0) is 26.0. The molecule has 0 aromatic heterocycles. The monoisotopic (exact) mass is 503 g/mol. The summed E-state index contributed by atoms with van der Waals surface area (Å²) in [6.07, 6.45) is -2.23. The van der Waals surface area contributed by atoms with Gasteiger partial charge in [0.1, 0.15) is 5.75 Å². The number of rotatable bonds is 13. The Morgan fingerprint density at radius 2 is 1.71 bits per heavy atom. The van der Waals surface area contributed by atoms with Gasteiger partial charge in [0.25, 0.3) is 16.4 Å². The van der Waals surface area contributed by atoms with Gasteiger partial charge in [-0.15, -0.1) is 0 Å². The molecular formula is C22H33NO10S. The van der Waals surface area contributed by atoms with Gasteiger partial charge in [-0.3, -0.25) is 8.98 Å². The minimum Gasteiger partial charge on any atom is -0.423 e. The molecule has 1 aromatic carbocycles. The molecule has 0 radical (unpaired) electrons. The van der Waals surface area contributed by atoms with Crippen LogP contribution in [0.1, 0.15) is 47.5 Å². The molecule has 1 aromatic rings. The molecule has 192 valence electrons. The molecule has 34 heavy (non-hydrogen) atoms. The maximum Gasteiger partial charge on any atom is 0.516 e. The molecule has 0 saturated heterocycles. The van der Waals surface area contributed by atoms with Crippen molar-refractivity contribution in [1.29, 1.82) is 0 Å². The van der Waals surface area contributed by atoms with E-state index in [1.807, 2.05) is 0 Å². The Balaban J connectivity index is 2.67. The standard InChI is InChI=1S/C22H33NO10S/c1-6-18(33-20(26)31-17-11-8-7-9-12-17)32-19(25)22(5,27)21(3,4)15-30-34(28,29)14-10-13-23-16(2)24/h7-9,11-12,18,27H,6,10,13-15H2,1-5H3,(H,23,24)/t18?,22-/m0/s1. The zero-order valence-electron chi connectivity index (χ0n) is 20.0. The quantitative estimate of drug-likeness (QED) is 0.134. The maximum atomic E-state index is 12.7. The molecule has 0 spiro atoms. The summed E-state index contributed by atoms with van der Waals surface area (Å²) in [5.74, 6) is -1.54. The molecule has 0 aliphatic carbocycles. The molecule has 2 atom stereocenters. The Labute approximate surface area is 199 Å². The minimum atomic E-state index is -3.97. The van der Waals surface area contributed by atoms with E-state index in [9.17, 15) is 27.9 Å². The van der Waals surface area contributed by atoms with Crippen molar-refractivity contribution in [3.05, 3.63) is 30.3 Å². The first-order chi connectivity index (χ1) is 15.7. The van der Waals surface area contributed by atoms with Crippen molar-refractivity contribution < 1.29 is 46.3 Å². The smallest absolute Gasteiger partial charge is 0.423 e. The van der Waals surface area contributed by atoms with Crippen molar-refractivity contribution >= 4 is 28.1 Å². The first-order valence-corrected chi connectivity index (χ1v) is 12.3. The van der Waals surface area contributed by atoms with E-state index in [4.69, 9.17) is 18.4 Å². The van der Waals surface area contributed by atoms with Gasteiger partial charge in [0.15, 0.2) is 5.60 Å². The second kappa shape index (κ2) is 12.7. The van der Waals surface area contributed by atoms with Crippen LogP contribution in [0, 0.1) is 5.41 Å². The van der Waals surface area contributed by atoms with Gasteiger partial charge < -0.3 is 24.6 Å². The van der Waals surface area contributed by atoms with Gasteiger partial charge in [-0.25, -0.2) is 9.59 Å². The molecule has 0 aliphatic rings. The molecule has 0 bridgehead atoms. The van der Waals surface area contributed by atoms with Crippen LogP contribution in [0.3, 0.4) is 0 Å². The van der Waals surface area contributed by atoms with Crippen molar-refractivity contribution in [2.24, 2.45) is 5.41 Å². The predicted octanol–water partition coefficient (Wildman–Crippen LogP) is 2.13. The van der Waals surface area contributed by atoms with Crippen molar-refractivity contribution in [3.63, 3.8) is 0 Å². The lowest BCUT2D eigenvalue weighted by molar-refractivity contribution is -0.202. The Morgan fingerprint density at radius 3 is 2.26 bits per heavy atom. The van der Waals surface area contributed by atoms with E-state index in [1.54, 1.807) is 25.1 Å². The van der Waals surface area contributed by atoms with Crippen molar-refractivity contribution in [1.82, 2.24) is 5.32 Å². The number of benzene rings is 1. The van der Waals surface area contributed by atoms with Crippen LogP contribution >= 0.6 is 0 Å². The van der Waals surface area contributed by atoms with E-state index in [1.165, 1.54) is 32.9 Å². The lowest BCUT2D eigenvalue weighted by atomic mass is 9.76. The third-order valence-electron chi connectivity index (χ3n) is 5.00. The summed E-state index contributed by atoms with van der Waals surface area (Å²) >= 11 is 0. The van der Waals surface area contributed by atoms with Crippen LogP contribution < -0.4 is 10.1 Å². The molecule has 1 amide bonds. The largest absolute Gasteiger partial charge is 0.516 e. The van der Waals surface area contributed by atoms with Crippen LogP contribution in [0.25, 0.3) is 0 Å². The van der Waals surface area contributed by atoms with E-state index in [-0.39, 0.29) is 36.8 Å². The van der Waals surface area contributed by atoms with Gasteiger partial charge in [-0.05, 0) is 25.5 Å². The number of carbonyl (C=O) groups excluding carboxylic acids is 3. The SMILES string of the molecule is CCC(OC(=O)Oc1ccccc1)OC(=O)[C@](C)(O)C(C)(C)COS(=O)(=O)CCCNC(C)=O. The van der Waals surface area contributed by atoms with Crippen LogP contribution in [0.4, 0.5) is 4.79 Å². The number of carbonyl (C=O) groups is 3. The summed E-state index contributed by atoms with van der Waals surface area (Å²) < 4.78 is 44.3. The van der Waals surface area contributed by atoms with Gasteiger partial charge >= 0.3 is 12.1 Å². The fourth-order valence-corrected chi connectivity index (χ4v) is 3.46. The van der Waals surface area contributed by atoms with Crippen LogP contribution in [-0.4, -0.2) is 62.4 Å². The average Bonchev–Trinajstić information content (AvgIpc) is 2.75. The number of amides is 1. The molecule has 12 heteroatoms. The second-order valence-electron chi connectivity index (χ2n) is 8.34. The summed E-state index contributed by atoms with van der Waals surface area (Å²) in [7, 11) is -3.97. The summed E-state index contributed by atoms with van der Waals surface area (Å²) in [4.78, 5) is 35.5. The molecule has 0 fully saturated rings. The topological polar surface area (TPSA) is 155 Å². The fourth-order valence-electron chi connectivity index (χ4n) is 2.37. The molecule has 0 heterocycles. The van der Waals surface area contributed by atoms with Gasteiger partial charge in [0.2, 0.25) is 5.91 Å². The highest BCUT2D eigenvalue weighted by Gasteiger charge is 2.49. The highest BCUT2D eigenvalue weighted by molar-refractivity contribution is 7.86. The lowest BCUT2D eigenvalue weighted by Gasteiger charge is -2.37. The van der Waals surface area contributed by atoms with Gasteiger partial charge in [-0.1, -0.05) is 39.0 Å². The highest BCUT2D eigenvalue weighted by Crippen LogP contribution is 2.33. The number of para-hydroxylation sites is 1. The molecule has 1 unspecified atom stereocenters. The third-order valence-corrected chi connectivity index (χ3v) is 6.27. The summed E-state index contributed by atoms with van der Waals surface area (Å²) in [5.41, 5.74) is -3.60. The van der Waals surface area contributed by atoms with Gasteiger partial charge in [0, 0.05) is 25.3 Å². The molecule has 0 aliphatic heterocycles. The first-order valence-electron chi connectivity index (χ1n) is 10.7. The number of hydrogen-bond acceptors (Lipinski definition) is 10. The van der Waals surface area contributed by atoms with Crippen LogP contribution in [0.15, 0.2) is 30.3 Å². The van der Waals surface area contributed by atoms with E-state index >= 15 is 0 Å². The van der Waals surface area contributed by atoms with Crippen LogP contribution in [0.5, 0.6) is 5.75 Å². The Kier molecular flexibility index (Phi) is 10.9. The summed E-state index contributed by atoms with van der Waals surface area (Å²) in [6, 6.07) is 8.12. The van der Waals surface area contributed by atoms with E-state index in [2.05, 4.69) is 5.32 Å². The summed E-state index contributed by atoms with van der Waals surface area (Å²) in [5, 5.41) is 13.3. The predicted molar refractivity (Wildman–Crippen MR) is 121 cm³/mol. The van der Waals surface area contributed by atoms with E-state index < -0.39 is 46.2 Å². The van der Waals surface area contributed by atoms with E-state index in [0.717, 1.165) is 6.92 Å². The van der Waals surface area contributed by atoms with Crippen LogP contribution in [-0.2, 0) is 33.4 Å². The fraction of sp³-hybridized carbons (Fsp3) is 0.591. The number of aliphatic hydroxyl groups is 1. The van der Waals surface area contributed by atoms with Crippen molar-refractivity contribution in [2.45, 2.75) is 59.4 Å². The normalized spacial score (nSPS) is 14.4. The Hall–Kier alpha value is -2.70. The lowest BCUT2D eigenvalue weighted by Crippen LogP contribution is -2.53. The molecule has 1 rings (SSSR count). The second-order valence-corrected chi connectivity index (χ2v) is 10.1. The van der Waals surface area contributed by atoms with Crippen LogP contribution in [0.2, 0.25) is 0 Å². The molecular weight excluding hydrogens is 470 g/mol. The Bertz CT molecular complexity index is 928. The number of ether oxygens (including phenoxy) is 3. The number of hydrogen-bond donors (Lipinski definition) is 2. The number of esters is 1. The van der Waals surface area contributed by atoms with Crippen molar-refractivity contribution in [2.75, 3.05) is 18.9 Å². The van der Waals surface area contributed by atoms with E-state index in [0.29, 0.717) is 0 Å². The molecule has 0 saturated carbocycles. The zero-order valence-corrected chi connectivity index (χ0v) is 20.8.